The van der Waals surface area contributed by atoms with E-state index in [-0.39, 0.29) is 5.78 Å². The number of anilines is 1. The molecule has 0 radical (unpaired) electrons. The molecule has 0 atom stereocenters. The van der Waals surface area contributed by atoms with Gasteiger partial charge < -0.3 is 4.90 Å². The maximum Gasteiger partial charge on any atom is 0.161 e. The Morgan fingerprint density at radius 1 is 1.16 bits per heavy atom. The van der Waals surface area contributed by atoms with E-state index in [0.29, 0.717) is 10.6 Å². The highest BCUT2D eigenvalue weighted by Crippen LogP contribution is 2.24. The third-order valence-corrected chi connectivity index (χ3v) is 3.57. The molecular weight excluding hydrogens is 258 g/mol. The molecule has 0 spiro atoms. The topological polar surface area (TPSA) is 20.3 Å². The lowest BCUT2D eigenvalue weighted by molar-refractivity contribution is 0.101. The number of carbonyl (C=O) groups excluding carboxylic acids is 1. The van der Waals surface area contributed by atoms with Crippen LogP contribution >= 0.6 is 11.6 Å². The van der Waals surface area contributed by atoms with Gasteiger partial charge in [0.25, 0.3) is 0 Å². The molecule has 0 saturated heterocycles. The number of hydrogen-bond donors (Lipinski definition) is 0. The molecule has 0 saturated carbocycles. The van der Waals surface area contributed by atoms with Crippen LogP contribution in [0.5, 0.6) is 0 Å². The first-order valence-electron chi connectivity index (χ1n) is 7.15. The number of nitrogens with zero attached hydrogens (tertiary/aromatic N) is 1. The molecule has 0 bridgehead atoms. The number of rotatable bonds is 8. The molecule has 0 N–H and O–H groups in total. The molecule has 0 amide bonds. The van der Waals surface area contributed by atoms with Crippen molar-refractivity contribution >= 4 is 23.1 Å². The molecule has 0 unspecified atom stereocenters. The number of hydrogen-bond acceptors (Lipinski definition) is 2. The van der Waals surface area contributed by atoms with E-state index in [9.17, 15) is 4.79 Å². The van der Waals surface area contributed by atoms with E-state index in [0.717, 1.165) is 18.8 Å². The number of carbonyl (C=O) groups is 1. The normalized spacial score (nSPS) is 10.5. The van der Waals surface area contributed by atoms with Gasteiger partial charge >= 0.3 is 0 Å². The monoisotopic (exact) mass is 281 g/mol. The van der Waals surface area contributed by atoms with Crippen LogP contribution in [-0.4, -0.2) is 18.9 Å². The molecule has 19 heavy (non-hydrogen) atoms. The van der Waals surface area contributed by atoms with Crippen molar-refractivity contribution < 1.29 is 4.79 Å². The van der Waals surface area contributed by atoms with E-state index < -0.39 is 0 Å². The van der Waals surface area contributed by atoms with Crippen LogP contribution in [0, 0.1) is 0 Å². The minimum absolute atomic E-state index is 0.0187. The Morgan fingerprint density at radius 3 is 2.16 bits per heavy atom. The van der Waals surface area contributed by atoms with Crippen LogP contribution in [0.25, 0.3) is 0 Å². The van der Waals surface area contributed by atoms with Crippen LogP contribution in [-0.2, 0) is 0 Å². The largest absolute Gasteiger partial charge is 0.371 e. The van der Waals surface area contributed by atoms with E-state index in [1.54, 1.807) is 6.92 Å². The van der Waals surface area contributed by atoms with Crippen molar-refractivity contribution in [3.05, 3.63) is 28.8 Å². The first-order valence-corrected chi connectivity index (χ1v) is 7.53. The highest BCUT2D eigenvalue weighted by atomic mass is 35.5. The van der Waals surface area contributed by atoms with E-state index >= 15 is 0 Å². The first kappa shape index (κ1) is 16.0. The van der Waals surface area contributed by atoms with Gasteiger partial charge in [-0.15, -0.1) is 0 Å². The van der Waals surface area contributed by atoms with Crippen molar-refractivity contribution in [3.63, 3.8) is 0 Å². The van der Waals surface area contributed by atoms with Gasteiger partial charge in [0.1, 0.15) is 0 Å². The highest BCUT2D eigenvalue weighted by molar-refractivity contribution is 6.34. The van der Waals surface area contributed by atoms with Gasteiger partial charge in [-0.2, -0.15) is 0 Å². The second kappa shape index (κ2) is 8.21. The first-order chi connectivity index (χ1) is 9.10. The Hall–Kier alpha value is -1.02. The van der Waals surface area contributed by atoms with Crippen LogP contribution < -0.4 is 4.90 Å². The van der Waals surface area contributed by atoms with Crippen molar-refractivity contribution in [3.8, 4) is 0 Å². The average molecular weight is 282 g/mol. The average Bonchev–Trinajstić information content (AvgIpc) is 2.38. The molecule has 3 heteroatoms. The van der Waals surface area contributed by atoms with E-state index in [1.165, 1.54) is 25.7 Å². The summed E-state index contributed by atoms with van der Waals surface area (Å²) >= 11 is 6.19. The van der Waals surface area contributed by atoms with Crippen LogP contribution in [0.15, 0.2) is 18.2 Å². The molecule has 0 aliphatic heterocycles. The van der Waals surface area contributed by atoms with Crippen molar-refractivity contribution in [2.24, 2.45) is 0 Å². The third-order valence-electron chi connectivity index (χ3n) is 3.26. The van der Waals surface area contributed by atoms with Crippen LogP contribution in [0.1, 0.15) is 56.8 Å². The summed E-state index contributed by atoms with van der Waals surface area (Å²) in [4.78, 5) is 13.8. The minimum atomic E-state index is 0.0187. The summed E-state index contributed by atoms with van der Waals surface area (Å²) in [6, 6.07) is 5.77. The quantitative estimate of drug-likeness (QED) is 0.629. The van der Waals surface area contributed by atoms with E-state index in [2.05, 4.69) is 18.7 Å². The number of benzene rings is 1. The molecule has 0 aliphatic rings. The Balaban J connectivity index is 2.88. The Labute approximate surface area is 121 Å². The lowest BCUT2D eigenvalue weighted by Crippen LogP contribution is -2.25. The van der Waals surface area contributed by atoms with Gasteiger partial charge in [-0.3, -0.25) is 4.79 Å². The summed E-state index contributed by atoms with van der Waals surface area (Å²) < 4.78 is 0. The van der Waals surface area contributed by atoms with Gasteiger partial charge in [-0.05, 0) is 38.0 Å². The van der Waals surface area contributed by atoms with Crippen LogP contribution in [0.3, 0.4) is 0 Å². The van der Waals surface area contributed by atoms with Crippen molar-refractivity contribution in [1.29, 1.82) is 0 Å². The molecular formula is C16H24ClNO. The Bertz CT molecular complexity index is 409. The van der Waals surface area contributed by atoms with Gasteiger partial charge in [0, 0.05) is 24.3 Å². The fraction of sp³-hybridized carbons (Fsp3) is 0.562. The molecule has 1 rings (SSSR count). The van der Waals surface area contributed by atoms with Crippen LogP contribution in [0.4, 0.5) is 5.69 Å². The fourth-order valence-corrected chi connectivity index (χ4v) is 2.36. The third kappa shape index (κ3) is 4.87. The molecule has 106 valence electrons. The molecule has 1 aromatic carbocycles. The number of unbranched alkanes of at least 4 members (excludes halogenated alkanes) is 2. The van der Waals surface area contributed by atoms with Gasteiger partial charge in [0.05, 0.1) is 5.02 Å². The minimum Gasteiger partial charge on any atom is -0.371 e. The lowest BCUT2D eigenvalue weighted by Gasteiger charge is -2.25. The zero-order valence-electron chi connectivity index (χ0n) is 12.2. The Kier molecular flexibility index (Phi) is 6.93. The number of halogens is 1. The van der Waals surface area contributed by atoms with Crippen molar-refractivity contribution in [2.75, 3.05) is 18.0 Å². The summed E-state index contributed by atoms with van der Waals surface area (Å²) in [5.74, 6) is 0.0187. The van der Waals surface area contributed by atoms with Gasteiger partial charge in [0.2, 0.25) is 0 Å². The number of ketones is 1. The summed E-state index contributed by atoms with van der Waals surface area (Å²) in [5.41, 5.74) is 1.73. The predicted molar refractivity (Wildman–Crippen MR) is 83.5 cm³/mol. The van der Waals surface area contributed by atoms with Gasteiger partial charge in [0.15, 0.2) is 5.78 Å². The Morgan fingerprint density at radius 2 is 1.74 bits per heavy atom. The van der Waals surface area contributed by atoms with Gasteiger partial charge in [-0.1, -0.05) is 38.3 Å². The maximum atomic E-state index is 11.4. The summed E-state index contributed by atoms with van der Waals surface area (Å²) in [6.45, 7) is 8.04. The predicted octanol–water partition coefficient (Wildman–Crippen LogP) is 4.95. The lowest BCUT2D eigenvalue weighted by atomic mass is 10.1. The molecule has 0 fully saturated rings. The SMILES string of the molecule is CCCCN(CCCC)c1ccc(C(C)=O)c(Cl)c1. The second-order valence-corrected chi connectivity index (χ2v) is 5.32. The maximum absolute atomic E-state index is 11.4. The standard InChI is InChI=1S/C16H24ClNO/c1-4-6-10-18(11-7-5-2)14-8-9-15(13(3)19)16(17)12-14/h8-9,12H,4-7,10-11H2,1-3H3. The summed E-state index contributed by atoms with van der Waals surface area (Å²) in [5, 5.41) is 0.558. The van der Waals surface area contributed by atoms with Crippen molar-refractivity contribution in [1.82, 2.24) is 0 Å². The van der Waals surface area contributed by atoms with Crippen LogP contribution in [0.2, 0.25) is 5.02 Å². The van der Waals surface area contributed by atoms with E-state index in [1.807, 2.05) is 18.2 Å². The molecule has 0 heterocycles. The van der Waals surface area contributed by atoms with Gasteiger partial charge in [-0.25, -0.2) is 0 Å². The summed E-state index contributed by atoms with van der Waals surface area (Å²) in [6.07, 6.45) is 4.72. The van der Waals surface area contributed by atoms with Crippen molar-refractivity contribution in [2.45, 2.75) is 46.5 Å². The summed E-state index contributed by atoms with van der Waals surface area (Å²) in [7, 11) is 0. The smallest absolute Gasteiger partial charge is 0.161 e. The zero-order valence-corrected chi connectivity index (χ0v) is 13.0. The highest BCUT2D eigenvalue weighted by Gasteiger charge is 2.10. The fourth-order valence-electron chi connectivity index (χ4n) is 2.05. The molecule has 1 aromatic rings. The second-order valence-electron chi connectivity index (χ2n) is 4.91. The molecule has 2 nitrogen and oxygen atoms in total. The molecule has 0 aliphatic carbocycles. The van der Waals surface area contributed by atoms with E-state index in [4.69, 9.17) is 11.6 Å². The molecule has 0 aromatic heterocycles. The number of Topliss-reactive ketones (excluding diaryl/α,β-unsaturated/α-hetero) is 1. The zero-order chi connectivity index (χ0) is 14.3.